The second-order valence-corrected chi connectivity index (χ2v) is 9.81. The maximum Gasteiger partial charge on any atom is 0.416 e. The van der Waals surface area contributed by atoms with E-state index in [0.717, 1.165) is 16.0 Å². The molecule has 8 nitrogen and oxygen atoms in total. The molecule has 0 bridgehead atoms. The molecule has 3 aromatic carbocycles. The first-order chi connectivity index (χ1) is 21.3. The van der Waals surface area contributed by atoms with Crippen molar-refractivity contribution in [3.63, 3.8) is 0 Å². The lowest BCUT2D eigenvalue weighted by Gasteiger charge is -2.25. The number of benzene rings is 3. The minimum Gasteiger partial charge on any atom is -0.332 e. The zero-order chi connectivity index (χ0) is 32.4. The highest BCUT2D eigenvalue weighted by atomic mass is 19.4. The van der Waals surface area contributed by atoms with Gasteiger partial charge in [-0.1, -0.05) is 60.7 Å². The molecule has 0 N–H and O–H groups in total. The van der Waals surface area contributed by atoms with E-state index in [-0.39, 0.29) is 23.8 Å². The number of hydrogen-bond donors (Lipinski definition) is 0. The zero-order valence-electron chi connectivity index (χ0n) is 23.6. The average molecular weight is 624 g/mol. The number of halogens is 6. The lowest BCUT2D eigenvalue weighted by Crippen LogP contribution is -2.32. The molecule has 230 valence electrons. The van der Waals surface area contributed by atoms with Gasteiger partial charge in [-0.15, -0.1) is 5.10 Å². The van der Waals surface area contributed by atoms with Crippen LogP contribution in [-0.4, -0.2) is 48.3 Å². The van der Waals surface area contributed by atoms with Crippen molar-refractivity contribution in [1.29, 1.82) is 0 Å². The monoisotopic (exact) mass is 623 g/mol. The smallest absolute Gasteiger partial charge is 0.332 e. The van der Waals surface area contributed by atoms with Gasteiger partial charge >= 0.3 is 12.4 Å². The van der Waals surface area contributed by atoms with E-state index in [2.05, 4.69) is 20.1 Å². The van der Waals surface area contributed by atoms with E-state index < -0.39 is 41.0 Å². The highest BCUT2D eigenvalue weighted by molar-refractivity contribution is 6.13. The molecule has 0 spiro atoms. The molecule has 1 unspecified atom stereocenters. The van der Waals surface area contributed by atoms with Gasteiger partial charge in [-0.25, -0.2) is 15.0 Å². The van der Waals surface area contributed by atoms with Crippen molar-refractivity contribution in [2.24, 2.45) is 4.99 Å². The van der Waals surface area contributed by atoms with E-state index in [4.69, 9.17) is 4.99 Å². The predicted octanol–water partition coefficient (Wildman–Crippen LogP) is 7.10. The summed E-state index contributed by atoms with van der Waals surface area (Å²) in [5.74, 6) is -1.05. The maximum atomic E-state index is 13.5. The quantitative estimate of drug-likeness (QED) is 0.143. The first-order valence-corrected chi connectivity index (χ1v) is 13.3. The topological polar surface area (TPSA) is 89.2 Å². The summed E-state index contributed by atoms with van der Waals surface area (Å²) in [5, 5.41) is 4.46. The summed E-state index contributed by atoms with van der Waals surface area (Å²) < 4.78 is 82.1. The highest BCUT2D eigenvalue weighted by Crippen LogP contribution is 2.37. The van der Waals surface area contributed by atoms with Crippen LogP contribution < -0.4 is 0 Å². The predicted molar refractivity (Wildman–Crippen MR) is 152 cm³/mol. The fourth-order valence-electron chi connectivity index (χ4n) is 4.40. The van der Waals surface area contributed by atoms with Gasteiger partial charge in [0.1, 0.15) is 0 Å². The third-order valence-electron chi connectivity index (χ3n) is 6.78. The Balaban J connectivity index is 1.59. The van der Waals surface area contributed by atoms with Crippen molar-refractivity contribution in [1.82, 2.24) is 29.6 Å². The summed E-state index contributed by atoms with van der Waals surface area (Å²) in [6.45, 7) is 1.49. The van der Waals surface area contributed by atoms with Crippen LogP contribution in [0, 0.1) is 0 Å². The van der Waals surface area contributed by atoms with Gasteiger partial charge in [0.05, 0.1) is 22.9 Å². The molecule has 14 heteroatoms. The lowest BCUT2D eigenvalue weighted by atomic mass is 10.0. The second kappa shape index (κ2) is 12.3. The molecule has 0 saturated heterocycles. The van der Waals surface area contributed by atoms with Crippen molar-refractivity contribution in [2.45, 2.75) is 25.3 Å². The largest absolute Gasteiger partial charge is 0.416 e. The zero-order valence-corrected chi connectivity index (χ0v) is 23.6. The summed E-state index contributed by atoms with van der Waals surface area (Å²) in [5.41, 5.74) is -1.98. The number of rotatable bonds is 7. The third-order valence-corrected chi connectivity index (χ3v) is 6.78. The number of aliphatic imine (C=N–C) groups is 1. The number of alkyl halides is 6. The third kappa shape index (κ3) is 6.89. The Labute approximate surface area is 252 Å². The standard InChI is InChI=1S/C31H23F6N7O/c1-19(43(2)27(45)22-16-23(30(32,33)34)18-24(17-22)31(35,36)37)26-41-28(42-44(26)29-38-14-9-15-39-29)40-25(20-10-5-3-6-11-20)21-12-7-4-8-13-21/h3-19H,1-2H3. The van der Waals surface area contributed by atoms with E-state index in [9.17, 15) is 31.1 Å². The van der Waals surface area contributed by atoms with Crippen LogP contribution in [-0.2, 0) is 12.4 Å². The van der Waals surface area contributed by atoms with Crippen LogP contribution in [0.15, 0.2) is 102 Å². The second-order valence-electron chi connectivity index (χ2n) is 9.81. The molecule has 5 aromatic rings. The summed E-state index contributed by atoms with van der Waals surface area (Å²) >= 11 is 0. The van der Waals surface area contributed by atoms with E-state index in [1.165, 1.54) is 31.0 Å². The molecule has 0 fully saturated rings. The average Bonchev–Trinajstić information content (AvgIpc) is 3.46. The highest BCUT2D eigenvalue weighted by Gasteiger charge is 2.38. The van der Waals surface area contributed by atoms with E-state index in [1.54, 1.807) is 6.07 Å². The summed E-state index contributed by atoms with van der Waals surface area (Å²) in [6.07, 6.45) is -7.35. The van der Waals surface area contributed by atoms with Gasteiger partial charge in [0.15, 0.2) is 5.82 Å². The van der Waals surface area contributed by atoms with Gasteiger partial charge in [-0.2, -0.15) is 36.0 Å². The Hall–Kier alpha value is -5.40. The number of carbonyl (C=O) groups is 1. The molecule has 2 heterocycles. The fraction of sp³-hybridized carbons (Fsp3) is 0.161. The molecule has 1 atom stereocenters. The SMILES string of the molecule is CC(c1nc(N=C(c2ccccc2)c2ccccc2)nn1-c1ncccn1)N(C)C(=O)c1cc(C(F)(F)F)cc(C(F)(F)F)c1. The Morgan fingerprint density at radius 1 is 0.778 bits per heavy atom. The van der Waals surface area contributed by atoms with Crippen LogP contribution in [0.5, 0.6) is 0 Å². The van der Waals surface area contributed by atoms with Gasteiger partial charge in [-0.05, 0) is 31.2 Å². The maximum absolute atomic E-state index is 13.5. The number of nitrogens with zero attached hydrogens (tertiary/aromatic N) is 7. The normalized spacial score (nSPS) is 12.4. The summed E-state index contributed by atoms with van der Waals surface area (Å²) in [7, 11) is 1.23. The number of aromatic nitrogens is 5. The molecule has 0 saturated carbocycles. The van der Waals surface area contributed by atoms with Crippen LogP contribution in [0.3, 0.4) is 0 Å². The van der Waals surface area contributed by atoms with Crippen molar-refractivity contribution >= 4 is 17.6 Å². The molecule has 1 amide bonds. The molecule has 0 aliphatic rings. The first kappa shape index (κ1) is 31.0. The van der Waals surface area contributed by atoms with Crippen LogP contribution in [0.1, 0.15) is 51.4 Å². The fourth-order valence-corrected chi connectivity index (χ4v) is 4.40. The molecule has 0 aliphatic carbocycles. The molecular formula is C31H23F6N7O. The van der Waals surface area contributed by atoms with Crippen LogP contribution in [0.2, 0.25) is 0 Å². The van der Waals surface area contributed by atoms with E-state index in [0.29, 0.717) is 17.8 Å². The molecule has 0 aliphatic heterocycles. The minimum atomic E-state index is -5.12. The molecule has 0 radical (unpaired) electrons. The lowest BCUT2D eigenvalue weighted by molar-refractivity contribution is -0.143. The molecule has 5 rings (SSSR count). The van der Waals surface area contributed by atoms with Crippen molar-refractivity contribution in [3.8, 4) is 5.95 Å². The molecule has 2 aromatic heterocycles. The Morgan fingerprint density at radius 3 is 1.78 bits per heavy atom. The number of hydrogen-bond acceptors (Lipinski definition) is 6. The van der Waals surface area contributed by atoms with Crippen molar-refractivity contribution in [3.05, 3.63) is 131 Å². The first-order valence-electron chi connectivity index (χ1n) is 13.3. The number of amides is 1. The Kier molecular flexibility index (Phi) is 8.49. The van der Waals surface area contributed by atoms with Gasteiger partial charge in [0.2, 0.25) is 0 Å². The summed E-state index contributed by atoms with van der Waals surface area (Å²) in [6, 6.07) is 19.7. The van der Waals surface area contributed by atoms with Crippen LogP contribution in [0.25, 0.3) is 5.95 Å². The van der Waals surface area contributed by atoms with Gasteiger partial charge < -0.3 is 4.90 Å². The molecule has 45 heavy (non-hydrogen) atoms. The summed E-state index contributed by atoms with van der Waals surface area (Å²) in [4.78, 5) is 31.9. The Morgan fingerprint density at radius 2 is 1.29 bits per heavy atom. The van der Waals surface area contributed by atoms with E-state index >= 15 is 0 Å². The van der Waals surface area contributed by atoms with Gasteiger partial charge in [0, 0.05) is 36.1 Å². The van der Waals surface area contributed by atoms with Gasteiger partial charge in [-0.3, -0.25) is 4.79 Å². The minimum absolute atomic E-state index is 0.0368. The molecular weight excluding hydrogens is 600 g/mol. The van der Waals surface area contributed by atoms with Gasteiger partial charge in [0.25, 0.3) is 17.8 Å². The number of carbonyl (C=O) groups excluding carboxylic acids is 1. The van der Waals surface area contributed by atoms with Crippen molar-refractivity contribution < 1.29 is 31.1 Å². The van der Waals surface area contributed by atoms with Crippen LogP contribution in [0.4, 0.5) is 32.3 Å². The van der Waals surface area contributed by atoms with E-state index in [1.807, 2.05) is 60.7 Å². The van der Waals surface area contributed by atoms with Crippen LogP contribution >= 0.6 is 0 Å². The Bertz CT molecular complexity index is 1750. The van der Waals surface area contributed by atoms with Crippen molar-refractivity contribution in [2.75, 3.05) is 7.05 Å².